The van der Waals surface area contributed by atoms with Gasteiger partial charge >= 0.3 is 5.97 Å². The quantitative estimate of drug-likeness (QED) is 0.753. The van der Waals surface area contributed by atoms with Gasteiger partial charge in [-0.15, -0.1) is 0 Å². The van der Waals surface area contributed by atoms with Crippen LogP contribution >= 0.6 is 0 Å². The Kier molecular flexibility index (Phi) is 3.82. The van der Waals surface area contributed by atoms with E-state index in [0.29, 0.717) is 23.3 Å². The number of carbonyl (C=O) groups is 1. The SMILES string of the molecule is COc1cccc(C(=O)OCCC23CC4CC(CC(C4)C2)C3)c1. The summed E-state index contributed by atoms with van der Waals surface area (Å²) in [5, 5.41) is 0. The molecular formula is C20H26O3. The highest BCUT2D eigenvalue weighted by Gasteiger charge is 2.50. The molecule has 1 aromatic rings. The zero-order valence-electron chi connectivity index (χ0n) is 13.9. The largest absolute Gasteiger partial charge is 0.497 e. The third-order valence-electron chi connectivity index (χ3n) is 6.34. The molecule has 1 aromatic carbocycles. The average molecular weight is 314 g/mol. The molecule has 3 nitrogen and oxygen atoms in total. The van der Waals surface area contributed by atoms with Crippen molar-refractivity contribution in [2.75, 3.05) is 13.7 Å². The summed E-state index contributed by atoms with van der Waals surface area (Å²) in [5.41, 5.74) is 1.05. The zero-order chi connectivity index (χ0) is 15.9. The van der Waals surface area contributed by atoms with Crippen LogP contribution in [0.15, 0.2) is 24.3 Å². The van der Waals surface area contributed by atoms with Gasteiger partial charge in [0.25, 0.3) is 0 Å². The summed E-state index contributed by atoms with van der Waals surface area (Å²) in [6.45, 7) is 0.558. The van der Waals surface area contributed by atoms with Crippen molar-refractivity contribution in [3.63, 3.8) is 0 Å². The fraction of sp³-hybridized carbons (Fsp3) is 0.650. The van der Waals surface area contributed by atoms with E-state index in [4.69, 9.17) is 9.47 Å². The molecule has 0 N–H and O–H groups in total. The molecule has 0 aromatic heterocycles. The number of hydrogen-bond donors (Lipinski definition) is 0. The van der Waals surface area contributed by atoms with Gasteiger partial charge in [0.05, 0.1) is 19.3 Å². The topological polar surface area (TPSA) is 35.5 Å². The van der Waals surface area contributed by atoms with Crippen LogP contribution < -0.4 is 4.74 Å². The number of carbonyl (C=O) groups excluding carboxylic acids is 1. The molecule has 0 amide bonds. The molecule has 0 saturated heterocycles. The molecule has 124 valence electrons. The molecule has 0 spiro atoms. The minimum Gasteiger partial charge on any atom is -0.497 e. The first-order valence-corrected chi connectivity index (χ1v) is 8.97. The number of esters is 1. The van der Waals surface area contributed by atoms with Crippen molar-refractivity contribution in [3.8, 4) is 5.75 Å². The smallest absolute Gasteiger partial charge is 0.338 e. The molecular weight excluding hydrogens is 288 g/mol. The number of ether oxygens (including phenoxy) is 2. The predicted octanol–water partition coefficient (Wildman–Crippen LogP) is 4.46. The van der Waals surface area contributed by atoms with Crippen LogP contribution in [0.4, 0.5) is 0 Å². The Hall–Kier alpha value is -1.51. The molecule has 4 aliphatic carbocycles. The van der Waals surface area contributed by atoms with Crippen LogP contribution in [0.2, 0.25) is 0 Å². The van der Waals surface area contributed by atoms with E-state index < -0.39 is 0 Å². The first-order chi connectivity index (χ1) is 11.2. The van der Waals surface area contributed by atoms with Gasteiger partial charge in [-0.25, -0.2) is 4.79 Å². The van der Waals surface area contributed by atoms with Gasteiger partial charge in [0.1, 0.15) is 5.75 Å². The van der Waals surface area contributed by atoms with Crippen LogP contribution in [0, 0.1) is 23.2 Å². The van der Waals surface area contributed by atoms with Gasteiger partial charge in [-0.2, -0.15) is 0 Å². The lowest BCUT2D eigenvalue weighted by molar-refractivity contribution is -0.0653. The van der Waals surface area contributed by atoms with Crippen molar-refractivity contribution >= 4 is 5.97 Å². The number of hydrogen-bond acceptors (Lipinski definition) is 3. The molecule has 0 atom stereocenters. The maximum Gasteiger partial charge on any atom is 0.338 e. The van der Waals surface area contributed by atoms with Gasteiger partial charge in [-0.05, 0) is 86.3 Å². The summed E-state index contributed by atoms with van der Waals surface area (Å²) in [7, 11) is 1.61. The average Bonchev–Trinajstić information content (AvgIpc) is 2.53. The maximum atomic E-state index is 12.2. The minimum absolute atomic E-state index is 0.228. The molecule has 4 aliphatic rings. The number of methoxy groups -OCH3 is 1. The van der Waals surface area contributed by atoms with Crippen molar-refractivity contribution in [1.82, 2.24) is 0 Å². The number of rotatable bonds is 5. The van der Waals surface area contributed by atoms with E-state index in [0.717, 1.165) is 24.2 Å². The van der Waals surface area contributed by atoms with Gasteiger partial charge in [-0.3, -0.25) is 0 Å². The van der Waals surface area contributed by atoms with Crippen molar-refractivity contribution in [1.29, 1.82) is 0 Å². The van der Waals surface area contributed by atoms with Gasteiger partial charge in [-0.1, -0.05) is 6.07 Å². The van der Waals surface area contributed by atoms with Crippen LogP contribution in [-0.2, 0) is 4.74 Å². The Bertz CT molecular complexity index is 557. The van der Waals surface area contributed by atoms with Crippen LogP contribution in [-0.4, -0.2) is 19.7 Å². The summed E-state index contributed by atoms with van der Waals surface area (Å²) in [6.07, 6.45) is 9.54. The van der Waals surface area contributed by atoms with Crippen molar-refractivity contribution in [3.05, 3.63) is 29.8 Å². The standard InChI is InChI=1S/C20H26O3/c1-22-18-4-2-3-17(10-18)19(21)23-6-5-20-11-14-7-15(12-20)9-16(8-14)13-20/h2-4,10,14-16H,5-9,11-13H2,1H3. The van der Waals surface area contributed by atoms with Crippen LogP contribution in [0.3, 0.4) is 0 Å². The Morgan fingerprint density at radius 3 is 2.39 bits per heavy atom. The van der Waals surface area contributed by atoms with Gasteiger partial charge in [0.2, 0.25) is 0 Å². The van der Waals surface area contributed by atoms with E-state index in [1.807, 2.05) is 12.1 Å². The molecule has 4 saturated carbocycles. The monoisotopic (exact) mass is 314 g/mol. The van der Waals surface area contributed by atoms with Gasteiger partial charge < -0.3 is 9.47 Å². The molecule has 0 radical (unpaired) electrons. The lowest BCUT2D eigenvalue weighted by Crippen LogP contribution is -2.46. The molecule has 0 unspecified atom stereocenters. The molecule has 0 aliphatic heterocycles. The van der Waals surface area contributed by atoms with E-state index in [-0.39, 0.29) is 5.97 Å². The summed E-state index contributed by atoms with van der Waals surface area (Å²) < 4.78 is 10.7. The third kappa shape index (κ3) is 2.98. The second-order valence-electron chi connectivity index (χ2n) is 8.04. The van der Waals surface area contributed by atoms with Crippen LogP contribution in [0.25, 0.3) is 0 Å². The first-order valence-electron chi connectivity index (χ1n) is 8.97. The fourth-order valence-corrected chi connectivity index (χ4v) is 5.79. The minimum atomic E-state index is -0.228. The Morgan fingerprint density at radius 2 is 1.78 bits per heavy atom. The normalized spacial score (nSPS) is 34.4. The first kappa shape index (κ1) is 15.0. The fourth-order valence-electron chi connectivity index (χ4n) is 5.79. The maximum absolute atomic E-state index is 12.2. The Labute approximate surface area is 138 Å². The molecule has 3 heteroatoms. The van der Waals surface area contributed by atoms with E-state index in [2.05, 4.69) is 0 Å². The summed E-state index contributed by atoms with van der Waals surface area (Å²) in [6, 6.07) is 7.20. The lowest BCUT2D eigenvalue weighted by Gasteiger charge is -2.57. The van der Waals surface area contributed by atoms with E-state index in [1.165, 1.54) is 38.5 Å². The summed E-state index contributed by atoms with van der Waals surface area (Å²) in [5.74, 6) is 3.33. The zero-order valence-corrected chi connectivity index (χ0v) is 13.9. The summed E-state index contributed by atoms with van der Waals surface area (Å²) in [4.78, 5) is 12.2. The van der Waals surface area contributed by atoms with Gasteiger partial charge in [0, 0.05) is 0 Å². The second kappa shape index (κ2) is 5.85. The summed E-state index contributed by atoms with van der Waals surface area (Å²) >= 11 is 0. The van der Waals surface area contributed by atoms with E-state index in [9.17, 15) is 4.79 Å². The van der Waals surface area contributed by atoms with E-state index >= 15 is 0 Å². The molecule has 4 bridgehead atoms. The molecule has 4 fully saturated rings. The highest BCUT2D eigenvalue weighted by Crippen LogP contribution is 2.61. The molecule has 0 heterocycles. The Morgan fingerprint density at radius 1 is 1.13 bits per heavy atom. The predicted molar refractivity (Wildman–Crippen MR) is 88.5 cm³/mol. The van der Waals surface area contributed by atoms with Crippen molar-refractivity contribution < 1.29 is 14.3 Å². The third-order valence-corrected chi connectivity index (χ3v) is 6.34. The highest BCUT2D eigenvalue weighted by molar-refractivity contribution is 5.89. The van der Waals surface area contributed by atoms with Crippen molar-refractivity contribution in [2.45, 2.75) is 44.9 Å². The molecule has 23 heavy (non-hydrogen) atoms. The van der Waals surface area contributed by atoms with Crippen molar-refractivity contribution in [2.24, 2.45) is 23.2 Å². The molecule has 5 rings (SSSR count). The van der Waals surface area contributed by atoms with Crippen LogP contribution in [0.1, 0.15) is 55.3 Å². The lowest BCUT2D eigenvalue weighted by atomic mass is 9.49. The second-order valence-corrected chi connectivity index (χ2v) is 8.04. The van der Waals surface area contributed by atoms with E-state index in [1.54, 1.807) is 19.2 Å². The number of benzene rings is 1. The highest BCUT2D eigenvalue weighted by atomic mass is 16.5. The van der Waals surface area contributed by atoms with Crippen LogP contribution in [0.5, 0.6) is 5.75 Å². The Balaban J connectivity index is 1.34. The van der Waals surface area contributed by atoms with Gasteiger partial charge in [0.15, 0.2) is 0 Å².